The van der Waals surface area contributed by atoms with E-state index in [9.17, 15) is 22.8 Å². The number of benzene rings is 2. The van der Waals surface area contributed by atoms with Crippen molar-refractivity contribution in [2.45, 2.75) is 51.4 Å². The number of anilines is 1. The summed E-state index contributed by atoms with van der Waals surface area (Å²) in [6.07, 6.45) is -4.53. The van der Waals surface area contributed by atoms with Crippen molar-refractivity contribution in [1.29, 1.82) is 0 Å². The van der Waals surface area contributed by atoms with Crippen LogP contribution in [0.2, 0.25) is 0 Å². The van der Waals surface area contributed by atoms with E-state index in [4.69, 9.17) is 14.2 Å². The molecule has 1 aliphatic carbocycles. The molecule has 0 N–H and O–H groups in total. The number of pyridine rings is 1. The number of alkyl halides is 3. The van der Waals surface area contributed by atoms with Crippen molar-refractivity contribution in [3.8, 4) is 11.5 Å². The van der Waals surface area contributed by atoms with Gasteiger partial charge in [-0.25, -0.2) is 4.98 Å². The minimum absolute atomic E-state index is 0.118. The van der Waals surface area contributed by atoms with E-state index in [-0.39, 0.29) is 31.6 Å². The Kier molecular flexibility index (Phi) is 9.52. The van der Waals surface area contributed by atoms with Gasteiger partial charge in [0.1, 0.15) is 29.0 Å². The van der Waals surface area contributed by atoms with Crippen molar-refractivity contribution in [1.82, 2.24) is 4.98 Å². The molecule has 1 fully saturated rings. The van der Waals surface area contributed by atoms with Crippen LogP contribution in [0, 0.1) is 5.92 Å². The summed E-state index contributed by atoms with van der Waals surface area (Å²) < 4.78 is 57.9. The average Bonchev–Trinajstić information content (AvgIpc) is 2.97. The van der Waals surface area contributed by atoms with E-state index in [0.717, 1.165) is 17.2 Å². The fourth-order valence-electron chi connectivity index (χ4n) is 5.05. The Morgan fingerprint density at radius 2 is 1.46 bits per heavy atom. The highest BCUT2D eigenvalue weighted by molar-refractivity contribution is 5.99. The van der Waals surface area contributed by atoms with Crippen LogP contribution in [0.1, 0.15) is 54.5 Å². The molecule has 41 heavy (non-hydrogen) atoms. The maximum Gasteiger partial charge on any atom is 0.418 e. The zero-order valence-corrected chi connectivity index (χ0v) is 23.2. The molecule has 3 aromatic rings. The van der Waals surface area contributed by atoms with Gasteiger partial charge in [0.25, 0.3) is 0 Å². The Labute approximate surface area is 237 Å². The summed E-state index contributed by atoms with van der Waals surface area (Å²) in [5.74, 6) is -1.05. The van der Waals surface area contributed by atoms with Gasteiger partial charge in [0.15, 0.2) is 0 Å². The summed E-state index contributed by atoms with van der Waals surface area (Å²) in [7, 11) is 3.15. The molecule has 0 saturated heterocycles. The van der Waals surface area contributed by atoms with Gasteiger partial charge < -0.3 is 19.1 Å². The maximum absolute atomic E-state index is 14.1. The molecule has 7 nitrogen and oxygen atoms in total. The van der Waals surface area contributed by atoms with Crippen LogP contribution in [0.3, 0.4) is 0 Å². The molecular weight excluding hydrogens is 537 g/mol. The number of hydrogen-bond donors (Lipinski definition) is 0. The number of nitrogens with zero attached hydrogens (tertiary/aromatic N) is 2. The number of methoxy groups -OCH3 is 2. The number of ether oxygens (including phenoxy) is 3. The molecule has 4 rings (SSSR count). The summed E-state index contributed by atoms with van der Waals surface area (Å²) in [6, 6.07) is 17.2. The third-order valence-corrected chi connectivity index (χ3v) is 7.20. The van der Waals surface area contributed by atoms with Crippen molar-refractivity contribution >= 4 is 17.6 Å². The van der Waals surface area contributed by atoms with Crippen LogP contribution < -0.4 is 14.4 Å². The first-order chi connectivity index (χ1) is 19.6. The molecule has 0 amide bonds. The van der Waals surface area contributed by atoms with E-state index < -0.39 is 35.3 Å². The molecule has 2 atom stereocenters. The van der Waals surface area contributed by atoms with Crippen molar-refractivity contribution in [3.63, 3.8) is 0 Å². The smallest absolute Gasteiger partial charge is 0.418 e. The zero-order chi connectivity index (χ0) is 29.6. The average molecular weight is 571 g/mol. The quantitative estimate of drug-likeness (QED) is 0.208. The number of rotatable bonds is 10. The number of halogens is 3. The lowest BCUT2D eigenvalue weighted by atomic mass is 9.78. The Balaban J connectivity index is 1.69. The van der Waals surface area contributed by atoms with Crippen LogP contribution in [-0.2, 0) is 33.6 Å². The number of aromatic nitrogens is 1. The zero-order valence-electron chi connectivity index (χ0n) is 23.2. The van der Waals surface area contributed by atoms with E-state index in [1.807, 2.05) is 53.4 Å². The predicted octanol–water partition coefficient (Wildman–Crippen LogP) is 6.34. The van der Waals surface area contributed by atoms with Gasteiger partial charge in [-0.2, -0.15) is 13.2 Å². The fourth-order valence-corrected chi connectivity index (χ4v) is 5.05. The first-order valence-electron chi connectivity index (χ1n) is 13.4. The number of esters is 1. The molecule has 218 valence electrons. The van der Waals surface area contributed by atoms with Gasteiger partial charge in [-0.1, -0.05) is 24.3 Å². The van der Waals surface area contributed by atoms with E-state index in [0.29, 0.717) is 30.4 Å². The number of carbonyl (C=O) groups excluding carboxylic acids is 2. The van der Waals surface area contributed by atoms with Gasteiger partial charge in [-0.05, 0) is 67.3 Å². The Hall–Kier alpha value is -4.08. The van der Waals surface area contributed by atoms with E-state index in [1.165, 1.54) is 6.07 Å². The van der Waals surface area contributed by atoms with Crippen molar-refractivity contribution < 1.29 is 37.0 Å². The van der Waals surface area contributed by atoms with Crippen molar-refractivity contribution in [3.05, 3.63) is 83.0 Å². The highest BCUT2D eigenvalue weighted by Gasteiger charge is 2.41. The van der Waals surface area contributed by atoms with E-state index in [1.54, 1.807) is 21.1 Å². The summed E-state index contributed by atoms with van der Waals surface area (Å²) >= 11 is 0. The molecule has 10 heteroatoms. The molecule has 1 aliphatic rings. The van der Waals surface area contributed by atoms with E-state index >= 15 is 0 Å². The molecule has 0 spiro atoms. The second-order valence-electron chi connectivity index (χ2n) is 9.90. The number of carbonyl (C=O) groups is 2. The van der Waals surface area contributed by atoms with Crippen LogP contribution in [0.4, 0.5) is 19.0 Å². The monoisotopic (exact) mass is 570 g/mol. The van der Waals surface area contributed by atoms with Gasteiger partial charge in [0.05, 0.1) is 32.1 Å². The molecule has 2 aromatic carbocycles. The predicted molar refractivity (Wildman–Crippen MR) is 147 cm³/mol. The first-order valence-corrected chi connectivity index (χ1v) is 13.4. The Bertz CT molecular complexity index is 1290. The lowest BCUT2D eigenvalue weighted by Crippen LogP contribution is -2.33. The second kappa shape index (κ2) is 13.1. The highest BCUT2D eigenvalue weighted by Crippen LogP contribution is 2.41. The van der Waals surface area contributed by atoms with Crippen LogP contribution in [0.5, 0.6) is 11.5 Å². The van der Waals surface area contributed by atoms with Crippen LogP contribution in [0.15, 0.2) is 60.7 Å². The SMILES string of the molecule is CCOC(=O)C1CCC(c2nc(N(Cc3ccc(OC)cc3)Cc3ccc(OC)cc3)ccc2C(F)(F)F)CC1=O. The lowest BCUT2D eigenvalue weighted by Gasteiger charge is -2.30. The molecule has 1 aromatic heterocycles. The van der Waals surface area contributed by atoms with Crippen molar-refractivity contribution in [2.24, 2.45) is 5.92 Å². The Morgan fingerprint density at radius 1 is 0.902 bits per heavy atom. The third kappa shape index (κ3) is 7.36. The third-order valence-electron chi connectivity index (χ3n) is 7.20. The van der Waals surface area contributed by atoms with Gasteiger partial charge in [0.2, 0.25) is 0 Å². The minimum Gasteiger partial charge on any atom is -0.497 e. The summed E-state index contributed by atoms with van der Waals surface area (Å²) in [5, 5.41) is 0. The number of hydrogen-bond acceptors (Lipinski definition) is 7. The number of ketones is 1. The first kappa shape index (κ1) is 29.9. The Morgan fingerprint density at radius 3 is 1.93 bits per heavy atom. The normalized spacial score (nSPS) is 17.2. The standard InChI is InChI=1S/C31H33F3N2O5/c1-4-41-30(38)25-14-9-22(17-27(25)37)29-26(31(32,33)34)15-16-28(35-29)36(18-20-5-10-23(39-2)11-6-20)19-21-7-12-24(40-3)13-8-21/h5-8,10-13,15-16,22,25H,4,9,14,17-19H2,1-3H3. The second-order valence-corrected chi connectivity index (χ2v) is 9.90. The highest BCUT2D eigenvalue weighted by atomic mass is 19.4. The van der Waals surface area contributed by atoms with Gasteiger partial charge in [-0.15, -0.1) is 0 Å². The molecule has 1 heterocycles. The van der Waals surface area contributed by atoms with Gasteiger partial charge in [-0.3, -0.25) is 9.59 Å². The summed E-state index contributed by atoms with van der Waals surface area (Å²) in [5.41, 5.74) is 0.767. The lowest BCUT2D eigenvalue weighted by molar-refractivity contribution is -0.153. The largest absolute Gasteiger partial charge is 0.497 e. The molecule has 0 radical (unpaired) electrons. The van der Waals surface area contributed by atoms with Crippen LogP contribution >= 0.6 is 0 Å². The maximum atomic E-state index is 14.1. The molecule has 0 bridgehead atoms. The topological polar surface area (TPSA) is 78.0 Å². The molecule has 2 unspecified atom stereocenters. The van der Waals surface area contributed by atoms with Crippen LogP contribution in [0.25, 0.3) is 0 Å². The van der Waals surface area contributed by atoms with Gasteiger partial charge >= 0.3 is 12.1 Å². The molecule has 1 saturated carbocycles. The molecular formula is C31H33F3N2O5. The van der Waals surface area contributed by atoms with Gasteiger partial charge in [0, 0.05) is 25.4 Å². The summed E-state index contributed by atoms with van der Waals surface area (Å²) in [4.78, 5) is 31.4. The summed E-state index contributed by atoms with van der Waals surface area (Å²) in [6.45, 7) is 2.50. The number of Topliss-reactive ketones (excluding diaryl/α,β-unsaturated/α-hetero) is 1. The fraction of sp³-hybridized carbons (Fsp3) is 0.387. The van der Waals surface area contributed by atoms with Crippen LogP contribution in [-0.4, -0.2) is 37.6 Å². The van der Waals surface area contributed by atoms with E-state index in [2.05, 4.69) is 4.98 Å². The minimum atomic E-state index is -4.65. The van der Waals surface area contributed by atoms with Crippen molar-refractivity contribution in [2.75, 3.05) is 25.7 Å². The molecule has 0 aliphatic heterocycles.